The van der Waals surface area contributed by atoms with Gasteiger partial charge < -0.3 is 10.5 Å². The predicted molar refractivity (Wildman–Crippen MR) is 86.3 cm³/mol. The molecule has 0 saturated heterocycles. The van der Waals surface area contributed by atoms with Gasteiger partial charge in [0.25, 0.3) is 0 Å². The summed E-state index contributed by atoms with van der Waals surface area (Å²) in [6.07, 6.45) is 5.38. The van der Waals surface area contributed by atoms with E-state index in [0.29, 0.717) is 29.5 Å². The van der Waals surface area contributed by atoms with Gasteiger partial charge in [0, 0.05) is 0 Å². The number of hydrogen-bond acceptors (Lipinski definition) is 4. The minimum Gasteiger partial charge on any atom is -0.474 e. The average molecular weight is 291 g/mol. The van der Waals surface area contributed by atoms with Gasteiger partial charge in [-0.3, -0.25) is 0 Å². The Labute approximate surface area is 128 Å². The first-order chi connectivity index (χ1) is 9.90. The number of nitrogen functional groups attached to an aromatic ring is 1. The predicted octanol–water partition coefficient (Wildman–Crippen LogP) is 4.02. The van der Waals surface area contributed by atoms with Crippen LogP contribution in [0.2, 0.25) is 0 Å². The van der Waals surface area contributed by atoms with Gasteiger partial charge in [0.05, 0.1) is 5.56 Å². The number of nitrogens with two attached hydrogens (primary N) is 1. The Bertz CT molecular complexity index is 473. The quantitative estimate of drug-likeness (QED) is 0.910. The molecule has 3 atom stereocenters. The molecule has 21 heavy (non-hydrogen) atoms. The van der Waals surface area contributed by atoms with Crippen LogP contribution in [-0.4, -0.2) is 16.1 Å². The van der Waals surface area contributed by atoms with Gasteiger partial charge in [0.15, 0.2) is 0 Å². The molecule has 2 rings (SSSR count). The maximum Gasteiger partial charge on any atom is 0.222 e. The fourth-order valence-corrected chi connectivity index (χ4v) is 3.42. The Morgan fingerprint density at radius 3 is 2.52 bits per heavy atom. The number of ether oxygens (including phenoxy) is 1. The van der Waals surface area contributed by atoms with Crippen LogP contribution in [0.5, 0.6) is 5.88 Å². The minimum atomic E-state index is 0.237. The van der Waals surface area contributed by atoms with Crippen LogP contribution in [0.25, 0.3) is 0 Å². The number of anilines is 1. The van der Waals surface area contributed by atoms with Crippen molar-refractivity contribution < 1.29 is 4.74 Å². The minimum absolute atomic E-state index is 0.237. The molecule has 1 aromatic rings. The molecule has 4 heteroatoms. The summed E-state index contributed by atoms with van der Waals surface area (Å²) in [6.45, 7) is 11.1. The number of hydrogen-bond donors (Lipinski definition) is 1. The van der Waals surface area contributed by atoms with Crippen molar-refractivity contribution in [1.29, 1.82) is 0 Å². The maximum atomic E-state index is 6.34. The zero-order valence-corrected chi connectivity index (χ0v) is 14.0. The van der Waals surface area contributed by atoms with Crippen molar-refractivity contribution in [1.82, 2.24) is 9.97 Å². The molecule has 1 aliphatic rings. The first-order valence-electron chi connectivity index (χ1n) is 8.17. The maximum absolute atomic E-state index is 6.34. The van der Waals surface area contributed by atoms with Gasteiger partial charge in [0.1, 0.15) is 18.2 Å². The van der Waals surface area contributed by atoms with Crippen LogP contribution in [0.1, 0.15) is 65.4 Å². The number of rotatable bonds is 4. The van der Waals surface area contributed by atoms with Gasteiger partial charge in [0.2, 0.25) is 5.88 Å². The van der Waals surface area contributed by atoms with Crippen molar-refractivity contribution in [2.75, 3.05) is 5.73 Å². The number of aromatic nitrogens is 2. The van der Waals surface area contributed by atoms with Gasteiger partial charge in [-0.15, -0.1) is 0 Å². The summed E-state index contributed by atoms with van der Waals surface area (Å²) in [5.41, 5.74) is 6.96. The molecule has 0 aromatic carbocycles. The Balaban J connectivity index is 2.25. The third-order valence-corrected chi connectivity index (χ3v) is 4.68. The summed E-state index contributed by atoms with van der Waals surface area (Å²) < 4.78 is 6.34. The van der Waals surface area contributed by atoms with Crippen molar-refractivity contribution in [3.05, 3.63) is 11.9 Å². The lowest BCUT2D eigenvalue weighted by molar-refractivity contribution is 0.0416. The standard InChI is InChI=1S/C17H29N3O/c1-10(2)13-7-6-12(5)8-14(13)21-17-15(11(3)4)16(18)19-9-20-17/h9-14H,6-8H2,1-5H3,(H2,18,19,20). The second kappa shape index (κ2) is 6.63. The molecule has 4 nitrogen and oxygen atoms in total. The van der Waals surface area contributed by atoms with E-state index in [-0.39, 0.29) is 12.0 Å². The van der Waals surface area contributed by atoms with Crippen molar-refractivity contribution in [3.63, 3.8) is 0 Å². The fourth-order valence-electron chi connectivity index (χ4n) is 3.42. The van der Waals surface area contributed by atoms with Crippen LogP contribution < -0.4 is 10.5 Å². The summed E-state index contributed by atoms with van der Waals surface area (Å²) in [6, 6.07) is 0. The summed E-state index contributed by atoms with van der Waals surface area (Å²) in [4.78, 5) is 8.47. The van der Waals surface area contributed by atoms with Crippen molar-refractivity contribution in [2.24, 2.45) is 17.8 Å². The molecule has 0 spiro atoms. The van der Waals surface area contributed by atoms with E-state index in [1.165, 1.54) is 19.2 Å². The fraction of sp³-hybridized carbons (Fsp3) is 0.765. The highest BCUT2D eigenvalue weighted by molar-refractivity contribution is 5.46. The Morgan fingerprint density at radius 1 is 1.19 bits per heavy atom. The molecular formula is C17H29N3O. The van der Waals surface area contributed by atoms with Gasteiger partial charge in [-0.05, 0) is 36.5 Å². The smallest absolute Gasteiger partial charge is 0.222 e. The number of nitrogens with zero attached hydrogens (tertiary/aromatic N) is 2. The van der Waals surface area contributed by atoms with Gasteiger partial charge in [-0.25, -0.2) is 9.97 Å². The summed E-state index contributed by atoms with van der Waals surface area (Å²) in [5.74, 6) is 3.43. The van der Waals surface area contributed by atoms with E-state index in [1.807, 2.05) is 0 Å². The lowest BCUT2D eigenvalue weighted by Crippen LogP contribution is -2.36. The zero-order chi connectivity index (χ0) is 15.6. The average Bonchev–Trinajstić information content (AvgIpc) is 2.37. The highest BCUT2D eigenvalue weighted by Crippen LogP contribution is 2.37. The van der Waals surface area contributed by atoms with Crippen LogP contribution in [0.4, 0.5) is 5.82 Å². The van der Waals surface area contributed by atoms with E-state index in [0.717, 1.165) is 12.0 Å². The van der Waals surface area contributed by atoms with E-state index in [1.54, 1.807) is 0 Å². The van der Waals surface area contributed by atoms with Crippen LogP contribution >= 0.6 is 0 Å². The van der Waals surface area contributed by atoms with Crippen molar-refractivity contribution in [3.8, 4) is 5.88 Å². The van der Waals surface area contributed by atoms with E-state index < -0.39 is 0 Å². The third-order valence-electron chi connectivity index (χ3n) is 4.68. The second-order valence-electron chi connectivity index (χ2n) is 7.11. The van der Waals surface area contributed by atoms with Crippen LogP contribution in [-0.2, 0) is 0 Å². The Hall–Kier alpha value is -1.32. The summed E-state index contributed by atoms with van der Waals surface area (Å²) in [7, 11) is 0. The van der Waals surface area contributed by atoms with Gasteiger partial charge in [-0.2, -0.15) is 0 Å². The van der Waals surface area contributed by atoms with Crippen molar-refractivity contribution in [2.45, 2.75) is 65.9 Å². The largest absolute Gasteiger partial charge is 0.474 e. The van der Waals surface area contributed by atoms with Gasteiger partial charge >= 0.3 is 0 Å². The van der Waals surface area contributed by atoms with Crippen molar-refractivity contribution >= 4 is 5.82 Å². The molecule has 1 aromatic heterocycles. The molecule has 1 aliphatic carbocycles. The van der Waals surface area contributed by atoms with Crippen LogP contribution in [0, 0.1) is 17.8 Å². The second-order valence-corrected chi connectivity index (χ2v) is 7.11. The zero-order valence-electron chi connectivity index (χ0n) is 14.0. The van der Waals surface area contributed by atoms with E-state index in [9.17, 15) is 0 Å². The van der Waals surface area contributed by atoms with E-state index in [2.05, 4.69) is 44.6 Å². The summed E-state index contributed by atoms with van der Waals surface area (Å²) >= 11 is 0. The molecule has 0 amide bonds. The Kier molecular flexibility index (Phi) is 5.07. The molecule has 118 valence electrons. The Morgan fingerprint density at radius 2 is 1.90 bits per heavy atom. The summed E-state index contributed by atoms with van der Waals surface area (Å²) in [5, 5.41) is 0. The molecule has 1 saturated carbocycles. The monoisotopic (exact) mass is 291 g/mol. The first kappa shape index (κ1) is 16.1. The van der Waals surface area contributed by atoms with E-state index >= 15 is 0 Å². The molecule has 2 N–H and O–H groups in total. The lowest BCUT2D eigenvalue weighted by Gasteiger charge is -2.37. The molecule has 1 fully saturated rings. The highest BCUT2D eigenvalue weighted by atomic mass is 16.5. The first-order valence-corrected chi connectivity index (χ1v) is 8.17. The van der Waals surface area contributed by atoms with Crippen LogP contribution in [0.3, 0.4) is 0 Å². The molecule has 1 heterocycles. The van der Waals surface area contributed by atoms with Gasteiger partial charge in [-0.1, -0.05) is 41.0 Å². The van der Waals surface area contributed by atoms with Crippen LogP contribution in [0.15, 0.2) is 6.33 Å². The molecule has 0 aliphatic heterocycles. The molecule has 0 bridgehead atoms. The topological polar surface area (TPSA) is 61.0 Å². The molecular weight excluding hydrogens is 262 g/mol. The highest BCUT2D eigenvalue weighted by Gasteiger charge is 2.33. The van der Waals surface area contributed by atoms with E-state index in [4.69, 9.17) is 10.5 Å². The SMILES string of the molecule is CC1CCC(C(C)C)C(Oc2ncnc(N)c2C(C)C)C1. The normalized spacial score (nSPS) is 26.3. The lowest BCUT2D eigenvalue weighted by atomic mass is 9.75. The molecule has 3 unspecified atom stereocenters. The third kappa shape index (κ3) is 3.66. The molecule has 0 radical (unpaired) electrons.